The average Bonchev–Trinajstić information content (AvgIpc) is 2.76. The number of hydrogen-bond acceptors (Lipinski definition) is 4. The molecule has 0 amide bonds. The van der Waals surface area contributed by atoms with Gasteiger partial charge in [-0.15, -0.1) is 0 Å². The first-order valence-electron chi connectivity index (χ1n) is 16.1. The fraction of sp³-hybridized carbons (Fsp3) is 0.882. The second-order valence-corrected chi connectivity index (χ2v) is 15.5. The number of allylic oxidation sites excluding steroid dienone is 2. The molecule has 4 nitrogen and oxygen atoms in total. The van der Waals surface area contributed by atoms with E-state index in [0.29, 0.717) is 11.8 Å². The Bertz CT molecular complexity index is 794. The van der Waals surface area contributed by atoms with E-state index < -0.39 is 0 Å². The second-order valence-electron chi connectivity index (χ2n) is 15.5. The van der Waals surface area contributed by atoms with Gasteiger partial charge in [-0.3, -0.25) is 9.68 Å². The maximum Gasteiger partial charge on any atom is 0.101 e. The molecule has 0 bridgehead atoms. The summed E-state index contributed by atoms with van der Waals surface area (Å²) in [6.07, 6.45) is 27.3. The highest BCUT2D eigenvalue weighted by atomic mass is 16.7. The predicted octanol–water partition coefficient (Wildman–Crippen LogP) is 9.17. The van der Waals surface area contributed by atoms with Crippen LogP contribution in [0.3, 0.4) is 0 Å². The molecule has 0 radical (unpaired) electrons. The van der Waals surface area contributed by atoms with E-state index in [2.05, 4.69) is 89.8 Å². The SMILES string of the molecule is CC1(C)CCCC(C)(C)N1O[C@H]1/C=C\CCCC[C@H]1[C@H]1/C=C\[C@H](ON2C(C)(C)CCCC2(C)C)CCCC1. The summed E-state index contributed by atoms with van der Waals surface area (Å²) in [6.45, 7) is 18.9. The van der Waals surface area contributed by atoms with Crippen LogP contribution in [0.4, 0.5) is 0 Å². The lowest BCUT2D eigenvalue weighted by molar-refractivity contribution is -0.305. The maximum absolute atomic E-state index is 7.11. The molecule has 2 aliphatic heterocycles. The maximum atomic E-state index is 7.11. The van der Waals surface area contributed by atoms with Crippen molar-refractivity contribution < 1.29 is 9.68 Å². The molecule has 0 spiro atoms. The van der Waals surface area contributed by atoms with Gasteiger partial charge in [-0.25, -0.2) is 0 Å². The van der Waals surface area contributed by atoms with Gasteiger partial charge in [-0.1, -0.05) is 43.6 Å². The Balaban J connectivity index is 1.54. The van der Waals surface area contributed by atoms with Gasteiger partial charge in [0.2, 0.25) is 0 Å². The van der Waals surface area contributed by atoms with Crippen LogP contribution < -0.4 is 0 Å². The van der Waals surface area contributed by atoms with Gasteiger partial charge in [0.1, 0.15) is 6.10 Å². The first-order valence-corrected chi connectivity index (χ1v) is 16.1. The van der Waals surface area contributed by atoms with Gasteiger partial charge in [0.05, 0.1) is 6.10 Å². The Hall–Kier alpha value is -0.680. The second kappa shape index (κ2) is 12.0. The standard InChI is InChI=1S/C34H60N2O2/c1-31(2)23-15-24-32(3,4)35(31)37-28-18-14-13-17-27(21-22-28)29-19-11-9-10-12-20-30(29)38-36-33(5,6)25-16-26-34(36,7)8/h12,20-22,27-30H,9-11,13-19,23-26H2,1-8H3/b20-12-,22-21-/t27-,28-,29+,30+/m1/s1. The molecule has 4 rings (SSSR count). The summed E-state index contributed by atoms with van der Waals surface area (Å²) in [7, 11) is 0. The molecule has 0 N–H and O–H groups in total. The van der Waals surface area contributed by atoms with Gasteiger partial charge in [0.15, 0.2) is 0 Å². The van der Waals surface area contributed by atoms with Crippen LogP contribution in [0.1, 0.15) is 145 Å². The summed E-state index contributed by atoms with van der Waals surface area (Å²) in [6, 6.07) is 0. The number of hydrogen-bond donors (Lipinski definition) is 0. The number of piperidine rings is 2. The Labute approximate surface area is 235 Å². The van der Waals surface area contributed by atoms with Crippen molar-refractivity contribution in [2.75, 3.05) is 0 Å². The smallest absolute Gasteiger partial charge is 0.101 e. The quantitative estimate of drug-likeness (QED) is 0.332. The van der Waals surface area contributed by atoms with E-state index in [9.17, 15) is 0 Å². The molecule has 2 saturated heterocycles. The van der Waals surface area contributed by atoms with E-state index in [4.69, 9.17) is 9.68 Å². The number of hydroxylamine groups is 4. The fourth-order valence-electron chi connectivity index (χ4n) is 8.16. The first kappa shape index (κ1) is 30.3. The summed E-state index contributed by atoms with van der Waals surface area (Å²) in [5.41, 5.74) is 0.280. The van der Waals surface area contributed by atoms with Crippen molar-refractivity contribution in [3.8, 4) is 0 Å². The Morgan fingerprint density at radius 2 is 1.08 bits per heavy atom. The molecular weight excluding hydrogens is 468 g/mol. The normalized spacial score (nSPS) is 37.8. The first-order chi connectivity index (χ1) is 17.8. The minimum atomic E-state index is 0.0618. The fourth-order valence-corrected chi connectivity index (χ4v) is 8.16. The van der Waals surface area contributed by atoms with Crippen molar-refractivity contribution in [2.24, 2.45) is 11.8 Å². The molecule has 218 valence electrons. The molecule has 4 aliphatic rings. The predicted molar refractivity (Wildman–Crippen MR) is 160 cm³/mol. The van der Waals surface area contributed by atoms with Crippen molar-refractivity contribution in [2.45, 2.75) is 180 Å². The molecule has 4 heteroatoms. The highest BCUT2D eigenvalue weighted by molar-refractivity contribution is 5.05. The molecular formula is C34H60N2O2. The van der Waals surface area contributed by atoms with E-state index in [-0.39, 0.29) is 34.4 Å². The number of nitrogens with zero attached hydrogens (tertiary/aromatic N) is 2. The molecule has 0 aromatic rings. The lowest BCUT2D eigenvalue weighted by Gasteiger charge is -2.53. The summed E-state index contributed by atoms with van der Waals surface area (Å²) < 4.78 is 0. The Morgan fingerprint density at radius 1 is 0.553 bits per heavy atom. The average molecular weight is 529 g/mol. The van der Waals surface area contributed by atoms with Gasteiger partial charge < -0.3 is 0 Å². The van der Waals surface area contributed by atoms with Gasteiger partial charge in [-0.05, 0) is 138 Å². The van der Waals surface area contributed by atoms with Gasteiger partial charge in [0, 0.05) is 22.2 Å². The molecule has 2 heterocycles. The topological polar surface area (TPSA) is 24.9 Å². The third-order valence-corrected chi connectivity index (χ3v) is 10.1. The van der Waals surface area contributed by atoms with E-state index in [0.717, 1.165) is 6.42 Å². The number of rotatable bonds is 5. The Morgan fingerprint density at radius 3 is 1.68 bits per heavy atom. The van der Waals surface area contributed by atoms with Crippen molar-refractivity contribution in [3.63, 3.8) is 0 Å². The van der Waals surface area contributed by atoms with Crippen molar-refractivity contribution in [3.05, 3.63) is 24.3 Å². The molecule has 0 saturated carbocycles. The lowest BCUT2D eigenvalue weighted by atomic mass is 9.78. The van der Waals surface area contributed by atoms with Gasteiger partial charge >= 0.3 is 0 Å². The van der Waals surface area contributed by atoms with E-state index >= 15 is 0 Å². The summed E-state index contributed by atoms with van der Waals surface area (Å²) in [5, 5.41) is 4.76. The minimum absolute atomic E-state index is 0.0618. The zero-order chi connectivity index (χ0) is 27.6. The monoisotopic (exact) mass is 528 g/mol. The van der Waals surface area contributed by atoms with Crippen molar-refractivity contribution in [1.82, 2.24) is 10.1 Å². The highest BCUT2D eigenvalue weighted by Crippen LogP contribution is 2.43. The molecule has 2 aliphatic carbocycles. The lowest BCUT2D eigenvalue weighted by Crippen LogP contribution is -2.59. The van der Waals surface area contributed by atoms with E-state index in [1.54, 1.807) is 0 Å². The zero-order valence-electron chi connectivity index (χ0n) is 26.2. The zero-order valence-corrected chi connectivity index (χ0v) is 26.2. The van der Waals surface area contributed by atoms with Crippen LogP contribution in [0.25, 0.3) is 0 Å². The molecule has 38 heavy (non-hydrogen) atoms. The van der Waals surface area contributed by atoms with Crippen LogP contribution >= 0.6 is 0 Å². The minimum Gasteiger partial charge on any atom is -0.291 e. The summed E-state index contributed by atoms with van der Waals surface area (Å²) in [5.74, 6) is 1.05. The third kappa shape index (κ3) is 7.14. The van der Waals surface area contributed by atoms with Crippen molar-refractivity contribution in [1.29, 1.82) is 0 Å². The van der Waals surface area contributed by atoms with Crippen LogP contribution in [-0.4, -0.2) is 44.5 Å². The van der Waals surface area contributed by atoms with Crippen LogP contribution in [0.2, 0.25) is 0 Å². The Kier molecular flexibility index (Phi) is 9.60. The van der Waals surface area contributed by atoms with Crippen LogP contribution in [0.5, 0.6) is 0 Å². The molecule has 4 atom stereocenters. The highest BCUT2D eigenvalue weighted by Gasteiger charge is 2.45. The van der Waals surface area contributed by atoms with Crippen LogP contribution in [-0.2, 0) is 9.68 Å². The van der Waals surface area contributed by atoms with E-state index in [1.165, 1.54) is 83.5 Å². The van der Waals surface area contributed by atoms with E-state index in [1.807, 2.05) is 0 Å². The van der Waals surface area contributed by atoms with Crippen LogP contribution in [0.15, 0.2) is 24.3 Å². The molecule has 2 fully saturated rings. The summed E-state index contributed by atoms with van der Waals surface area (Å²) in [4.78, 5) is 14.0. The molecule has 0 aromatic heterocycles. The summed E-state index contributed by atoms with van der Waals surface area (Å²) >= 11 is 0. The van der Waals surface area contributed by atoms with Gasteiger partial charge in [-0.2, -0.15) is 10.1 Å². The molecule has 0 aromatic carbocycles. The van der Waals surface area contributed by atoms with Crippen molar-refractivity contribution >= 4 is 0 Å². The largest absolute Gasteiger partial charge is 0.291 e. The molecule has 0 unspecified atom stereocenters. The van der Waals surface area contributed by atoms with Gasteiger partial charge in [0.25, 0.3) is 0 Å². The van der Waals surface area contributed by atoms with Crippen LogP contribution in [0, 0.1) is 11.8 Å². The third-order valence-electron chi connectivity index (χ3n) is 10.1.